The maximum atomic E-state index is 13.4. The van der Waals surface area contributed by atoms with Crippen LogP contribution in [0.3, 0.4) is 0 Å². The molecule has 0 N–H and O–H groups in total. The maximum Gasteiger partial charge on any atom is 0.123 e. The van der Waals surface area contributed by atoms with Gasteiger partial charge in [0.05, 0.1) is 17.8 Å². The summed E-state index contributed by atoms with van der Waals surface area (Å²) < 4.78 is 13.4. The van der Waals surface area contributed by atoms with Gasteiger partial charge in [0.1, 0.15) is 5.82 Å². The molecule has 0 aromatic heterocycles. The second-order valence-electron chi connectivity index (χ2n) is 5.94. The molecule has 2 heterocycles. The topological polar surface area (TPSA) is 12.5 Å². The van der Waals surface area contributed by atoms with E-state index in [0.717, 1.165) is 36.9 Å². The quantitative estimate of drug-likeness (QED) is 0.847. The predicted molar refractivity (Wildman–Crippen MR) is 80.6 cm³/mol. The Kier molecular flexibility index (Phi) is 3.15. The highest BCUT2D eigenvalue weighted by molar-refractivity contribution is 5.55. The van der Waals surface area contributed by atoms with E-state index in [2.05, 4.69) is 24.3 Å². The maximum absolute atomic E-state index is 13.4. The molecule has 0 aliphatic carbocycles. The average molecular weight is 283 g/mol. The van der Waals surface area contributed by atoms with Gasteiger partial charge in [0.15, 0.2) is 0 Å². The predicted octanol–water partition coefficient (Wildman–Crippen LogP) is 3.89. The van der Waals surface area contributed by atoms with Gasteiger partial charge in [-0.2, -0.15) is 0 Å². The second-order valence-corrected chi connectivity index (χ2v) is 5.94. The summed E-state index contributed by atoms with van der Waals surface area (Å²) in [5.74, 6) is -0.155. The van der Waals surface area contributed by atoms with Crippen LogP contribution in [0.4, 0.5) is 10.1 Å². The summed E-state index contributed by atoms with van der Waals surface area (Å²) in [6, 6.07) is 16.0. The van der Waals surface area contributed by atoms with Crippen molar-refractivity contribution in [2.45, 2.75) is 37.8 Å². The molecule has 2 bridgehead atoms. The first-order chi connectivity index (χ1) is 10.3. The largest absolute Gasteiger partial charge is 0.269 e. The van der Waals surface area contributed by atoms with Gasteiger partial charge >= 0.3 is 0 Å². The zero-order valence-electron chi connectivity index (χ0n) is 11.8. The molecule has 0 amide bonds. The molecule has 3 heteroatoms. The van der Waals surface area contributed by atoms with Gasteiger partial charge in [-0.05, 0) is 48.6 Å². The third kappa shape index (κ3) is 2.42. The fraction of sp³-hybridized carbons (Fsp3) is 0.333. The zero-order valence-corrected chi connectivity index (χ0v) is 11.8. The average Bonchev–Trinajstić information content (AvgIpc) is 2.83. The van der Waals surface area contributed by atoms with Gasteiger partial charge in [-0.15, -0.1) is 0 Å². The van der Waals surface area contributed by atoms with E-state index in [9.17, 15) is 4.39 Å². The molecule has 2 aliphatic heterocycles. The monoisotopic (exact) mass is 283 g/mol. The Hall–Kier alpha value is -1.87. The van der Waals surface area contributed by atoms with E-state index in [-0.39, 0.29) is 11.9 Å². The number of benzene rings is 2. The first-order valence-electron chi connectivity index (χ1n) is 7.58. The van der Waals surface area contributed by atoms with Gasteiger partial charge in [0.2, 0.25) is 0 Å². The molecule has 2 atom stereocenters. The van der Waals surface area contributed by atoms with Crippen LogP contribution in [0.1, 0.15) is 24.0 Å². The minimum atomic E-state index is -0.155. The van der Waals surface area contributed by atoms with Gasteiger partial charge in [-0.1, -0.05) is 30.3 Å². The minimum absolute atomic E-state index is 0.155. The molecule has 2 aromatic rings. The standard InChI is InChI=1S/C18H18FNO/c19-15-7-9-18-14(10-15)11-17-12-16(20(18)21-17)8-6-13-4-2-1-3-5-13/h1-5,7,9-10,16-17H,6,8,11-12H2/t16-,17-/m1/s1. The number of fused-ring (bicyclic) bond motifs is 4. The summed E-state index contributed by atoms with van der Waals surface area (Å²) in [7, 11) is 0. The van der Waals surface area contributed by atoms with Crippen LogP contribution in [0, 0.1) is 5.82 Å². The van der Waals surface area contributed by atoms with E-state index in [1.54, 1.807) is 6.07 Å². The molecular weight excluding hydrogens is 265 g/mol. The lowest BCUT2D eigenvalue weighted by Gasteiger charge is -2.30. The first kappa shape index (κ1) is 12.8. The van der Waals surface area contributed by atoms with Gasteiger partial charge in [0.25, 0.3) is 0 Å². The van der Waals surface area contributed by atoms with E-state index in [4.69, 9.17) is 4.84 Å². The molecular formula is C18H18FNO. The Balaban J connectivity index is 1.52. The van der Waals surface area contributed by atoms with Crippen LogP contribution in [-0.2, 0) is 17.7 Å². The normalized spacial score (nSPS) is 23.2. The second kappa shape index (κ2) is 5.15. The molecule has 2 nitrogen and oxygen atoms in total. The fourth-order valence-corrected chi connectivity index (χ4v) is 3.45. The number of hydrogen-bond donors (Lipinski definition) is 0. The summed E-state index contributed by atoms with van der Waals surface area (Å²) in [5.41, 5.74) is 3.48. The van der Waals surface area contributed by atoms with Crippen LogP contribution in [0.5, 0.6) is 0 Å². The van der Waals surface area contributed by atoms with Gasteiger partial charge in [-0.25, -0.2) is 4.39 Å². The van der Waals surface area contributed by atoms with Gasteiger partial charge < -0.3 is 0 Å². The van der Waals surface area contributed by atoms with E-state index in [1.807, 2.05) is 17.2 Å². The molecule has 108 valence electrons. The van der Waals surface area contributed by atoms with E-state index < -0.39 is 0 Å². The van der Waals surface area contributed by atoms with Crippen molar-refractivity contribution in [1.29, 1.82) is 0 Å². The summed E-state index contributed by atoms with van der Waals surface area (Å²) in [6.07, 6.45) is 4.18. The molecule has 21 heavy (non-hydrogen) atoms. The molecule has 2 aromatic carbocycles. The molecule has 1 fully saturated rings. The summed E-state index contributed by atoms with van der Waals surface area (Å²) >= 11 is 0. The summed E-state index contributed by atoms with van der Waals surface area (Å²) in [6.45, 7) is 0. The fourth-order valence-electron chi connectivity index (χ4n) is 3.45. The van der Waals surface area contributed by atoms with Crippen LogP contribution in [-0.4, -0.2) is 12.1 Å². The van der Waals surface area contributed by atoms with Crippen molar-refractivity contribution < 1.29 is 9.23 Å². The Morgan fingerprint density at radius 3 is 2.86 bits per heavy atom. The molecule has 0 saturated carbocycles. The molecule has 2 aliphatic rings. The number of hydrogen-bond acceptors (Lipinski definition) is 2. The van der Waals surface area contributed by atoms with Crippen molar-refractivity contribution in [3.8, 4) is 0 Å². The number of nitrogens with zero attached hydrogens (tertiary/aromatic N) is 1. The number of hydroxylamine groups is 1. The molecule has 1 saturated heterocycles. The Bertz CT molecular complexity index is 643. The van der Waals surface area contributed by atoms with Crippen molar-refractivity contribution in [2.75, 3.05) is 5.06 Å². The lowest BCUT2D eigenvalue weighted by atomic mass is 10.0. The van der Waals surface area contributed by atoms with Crippen LogP contribution in [0.15, 0.2) is 48.5 Å². The Morgan fingerprint density at radius 2 is 2.00 bits per heavy atom. The van der Waals surface area contributed by atoms with Crippen LogP contribution in [0.25, 0.3) is 0 Å². The Morgan fingerprint density at radius 1 is 1.14 bits per heavy atom. The minimum Gasteiger partial charge on any atom is -0.269 e. The van der Waals surface area contributed by atoms with Crippen LogP contribution < -0.4 is 5.06 Å². The first-order valence-corrected chi connectivity index (χ1v) is 7.58. The van der Waals surface area contributed by atoms with Gasteiger partial charge in [0, 0.05) is 6.42 Å². The highest BCUT2D eigenvalue weighted by Gasteiger charge is 2.38. The Labute approximate surface area is 124 Å². The number of halogens is 1. The van der Waals surface area contributed by atoms with Crippen molar-refractivity contribution >= 4 is 5.69 Å². The number of rotatable bonds is 3. The molecule has 4 rings (SSSR count). The van der Waals surface area contributed by atoms with Crippen LogP contribution in [0.2, 0.25) is 0 Å². The third-order valence-corrected chi connectivity index (χ3v) is 4.46. The van der Waals surface area contributed by atoms with Crippen molar-refractivity contribution in [2.24, 2.45) is 0 Å². The highest BCUT2D eigenvalue weighted by atomic mass is 19.1. The lowest BCUT2D eigenvalue weighted by molar-refractivity contribution is 0.0729. The molecule has 0 radical (unpaired) electrons. The lowest BCUT2D eigenvalue weighted by Crippen LogP contribution is -2.31. The molecule has 0 unspecified atom stereocenters. The van der Waals surface area contributed by atoms with Crippen molar-refractivity contribution in [1.82, 2.24) is 0 Å². The third-order valence-electron chi connectivity index (χ3n) is 4.46. The van der Waals surface area contributed by atoms with E-state index in [0.29, 0.717) is 6.04 Å². The van der Waals surface area contributed by atoms with Crippen LogP contribution >= 0.6 is 0 Å². The number of anilines is 1. The molecule has 0 spiro atoms. The van der Waals surface area contributed by atoms with Crippen molar-refractivity contribution in [3.05, 3.63) is 65.5 Å². The zero-order chi connectivity index (χ0) is 14.2. The van der Waals surface area contributed by atoms with Crippen molar-refractivity contribution in [3.63, 3.8) is 0 Å². The van der Waals surface area contributed by atoms with Gasteiger partial charge in [-0.3, -0.25) is 9.90 Å². The summed E-state index contributed by atoms with van der Waals surface area (Å²) in [4.78, 5) is 5.98. The smallest absolute Gasteiger partial charge is 0.123 e. The van der Waals surface area contributed by atoms with E-state index >= 15 is 0 Å². The SMILES string of the molecule is Fc1ccc2c(c1)C[C@@H]1C[C@@H](CCc3ccccc3)N2O1. The highest BCUT2D eigenvalue weighted by Crippen LogP contribution is 2.39. The number of aryl methyl sites for hydroxylation is 1. The van der Waals surface area contributed by atoms with E-state index in [1.165, 1.54) is 11.6 Å². The summed E-state index contributed by atoms with van der Waals surface area (Å²) in [5, 5.41) is 2.02.